The molecule has 16 heavy (non-hydrogen) atoms. The summed E-state index contributed by atoms with van der Waals surface area (Å²) in [7, 11) is 0. The summed E-state index contributed by atoms with van der Waals surface area (Å²) < 4.78 is 0. The summed E-state index contributed by atoms with van der Waals surface area (Å²) in [6.07, 6.45) is 12.7. The Labute approximate surface area is 103 Å². The van der Waals surface area contributed by atoms with E-state index in [1.807, 2.05) is 0 Å². The molecule has 0 rings (SSSR count). The SMILES string of the molecule is CCCCCCCCCCC(C)NC(C)C. The maximum atomic E-state index is 3.56. The third-order valence-electron chi connectivity index (χ3n) is 3.11. The second kappa shape index (κ2) is 11.4. The Bertz CT molecular complexity index is 131. The van der Waals surface area contributed by atoms with E-state index in [1.54, 1.807) is 0 Å². The van der Waals surface area contributed by atoms with Gasteiger partial charge in [-0.05, 0) is 13.3 Å². The fourth-order valence-corrected chi connectivity index (χ4v) is 2.24. The van der Waals surface area contributed by atoms with Gasteiger partial charge in [0.05, 0.1) is 0 Å². The Morgan fingerprint density at radius 2 is 1.25 bits per heavy atom. The fraction of sp³-hybridized carbons (Fsp3) is 1.00. The van der Waals surface area contributed by atoms with Crippen LogP contribution in [0.5, 0.6) is 0 Å². The van der Waals surface area contributed by atoms with Gasteiger partial charge >= 0.3 is 0 Å². The molecule has 0 heterocycles. The van der Waals surface area contributed by atoms with Crippen LogP contribution in [0.15, 0.2) is 0 Å². The van der Waals surface area contributed by atoms with Crippen LogP contribution in [0.1, 0.15) is 85.5 Å². The molecule has 0 spiro atoms. The molecule has 0 fully saturated rings. The summed E-state index contributed by atoms with van der Waals surface area (Å²) >= 11 is 0. The second-order valence-corrected chi connectivity index (χ2v) is 5.49. The van der Waals surface area contributed by atoms with Crippen LogP contribution in [0.3, 0.4) is 0 Å². The van der Waals surface area contributed by atoms with Gasteiger partial charge in [-0.15, -0.1) is 0 Å². The van der Waals surface area contributed by atoms with Crippen molar-refractivity contribution in [2.45, 2.75) is 97.6 Å². The number of rotatable bonds is 11. The van der Waals surface area contributed by atoms with Crippen LogP contribution in [-0.2, 0) is 0 Å². The minimum Gasteiger partial charge on any atom is -0.312 e. The molecule has 0 saturated carbocycles. The molecular formula is C15H33N. The first kappa shape index (κ1) is 16.0. The fourth-order valence-electron chi connectivity index (χ4n) is 2.24. The summed E-state index contributed by atoms with van der Waals surface area (Å²) in [6, 6.07) is 1.32. The molecule has 0 aliphatic rings. The van der Waals surface area contributed by atoms with Crippen molar-refractivity contribution in [1.29, 1.82) is 0 Å². The van der Waals surface area contributed by atoms with Crippen LogP contribution in [0.25, 0.3) is 0 Å². The zero-order valence-corrected chi connectivity index (χ0v) is 12.0. The van der Waals surface area contributed by atoms with Crippen LogP contribution >= 0.6 is 0 Å². The van der Waals surface area contributed by atoms with Crippen molar-refractivity contribution >= 4 is 0 Å². The largest absolute Gasteiger partial charge is 0.312 e. The molecule has 0 amide bonds. The molecule has 98 valence electrons. The van der Waals surface area contributed by atoms with Crippen molar-refractivity contribution in [3.8, 4) is 0 Å². The zero-order valence-electron chi connectivity index (χ0n) is 12.0. The van der Waals surface area contributed by atoms with Gasteiger partial charge in [-0.25, -0.2) is 0 Å². The summed E-state index contributed by atoms with van der Waals surface area (Å²) in [5, 5.41) is 3.56. The molecule has 0 aliphatic carbocycles. The highest BCUT2D eigenvalue weighted by atomic mass is 14.9. The number of hydrogen-bond donors (Lipinski definition) is 1. The van der Waals surface area contributed by atoms with Crippen molar-refractivity contribution in [1.82, 2.24) is 5.32 Å². The third kappa shape index (κ3) is 12.0. The molecule has 0 bridgehead atoms. The molecule has 1 unspecified atom stereocenters. The monoisotopic (exact) mass is 227 g/mol. The Morgan fingerprint density at radius 1 is 0.750 bits per heavy atom. The molecule has 0 aromatic rings. The highest BCUT2D eigenvalue weighted by Crippen LogP contribution is 2.10. The first-order valence-electron chi connectivity index (χ1n) is 7.42. The maximum absolute atomic E-state index is 3.56. The lowest BCUT2D eigenvalue weighted by Gasteiger charge is -2.16. The molecule has 0 saturated heterocycles. The number of unbranched alkanes of at least 4 members (excludes halogenated alkanes) is 7. The Kier molecular flexibility index (Phi) is 11.4. The zero-order chi connectivity index (χ0) is 12.2. The van der Waals surface area contributed by atoms with Crippen molar-refractivity contribution < 1.29 is 0 Å². The van der Waals surface area contributed by atoms with Gasteiger partial charge in [-0.2, -0.15) is 0 Å². The Hall–Kier alpha value is -0.0400. The minimum atomic E-state index is 0.629. The van der Waals surface area contributed by atoms with E-state index in [0.717, 1.165) is 0 Å². The van der Waals surface area contributed by atoms with Gasteiger partial charge in [0.2, 0.25) is 0 Å². The van der Waals surface area contributed by atoms with E-state index in [1.165, 1.54) is 57.8 Å². The van der Waals surface area contributed by atoms with Crippen molar-refractivity contribution in [2.24, 2.45) is 0 Å². The summed E-state index contributed by atoms with van der Waals surface area (Å²) in [4.78, 5) is 0. The van der Waals surface area contributed by atoms with Crippen molar-refractivity contribution in [3.63, 3.8) is 0 Å². The molecule has 1 N–H and O–H groups in total. The van der Waals surface area contributed by atoms with Crippen LogP contribution in [0, 0.1) is 0 Å². The third-order valence-corrected chi connectivity index (χ3v) is 3.11. The van der Waals surface area contributed by atoms with Crippen molar-refractivity contribution in [3.05, 3.63) is 0 Å². The summed E-state index contributed by atoms with van der Waals surface area (Å²) in [5.74, 6) is 0. The van der Waals surface area contributed by atoms with Gasteiger partial charge < -0.3 is 5.32 Å². The standard InChI is InChI=1S/C15H33N/c1-5-6-7-8-9-10-11-12-13-15(4)16-14(2)3/h14-16H,5-13H2,1-4H3. The van der Waals surface area contributed by atoms with Gasteiger partial charge in [0.1, 0.15) is 0 Å². The predicted octanol–water partition coefficient (Wildman–Crippen LogP) is 4.90. The quantitative estimate of drug-likeness (QED) is 0.495. The highest BCUT2D eigenvalue weighted by molar-refractivity contribution is 4.63. The summed E-state index contributed by atoms with van der Waals surface area (Å²) in [6.45, 7) is 9.04. The van der Waals surface area contributed by atoms with Crippen LogP contribution in [-0.4, -0.2) is 12.1 Å². The van der Waals surface area contributed by atoms with E-state index in [9.17, 15) is 0 Å². The lowest BCUT2D eigenvalue weighted by molar-refractivity contribution is 0.442. The molecule has 1 heteroatoms. The molecule has 1 atom stereocenters. The maximum Gasteiger partial charge on any atom is 0.00410 e. The lowest BCUT2D eigenvalue weighted by atomic mass is 10.0. The van der Waals surface area contributed by atoms with E-state index in [0.29, 0.717) is 12.1 Å². The van der Waals surface area contributed by atoms with Crippen LogP contribution in [0.4, 0.5) is 0 Å². The molecule has 0 aliphatic heterocycles. The molecule has 0 aromatic carbocycles. The average Bonchev–Trinajstić information content (AvgIpc) is 2.21. The average molecular weight is 227 g/mol. The topological polar surface area (TPSA) is 12.0 Å². The predicted molar refractivity (Wildman–Crippen MR) is 75.0 cm³/mol. The van der Waals surface area contributed by atoms with E-state index in [-0.39, 0.29) is 0 Å². The Morgan fingerprint density at radius 3 is 1.75 bits per heavy atom. The van der Waals surface area contributed by atoms with Gasteiger partial charge in [-0.1, -0.05) is 72.1 Å². The molecule has 1 nitrogen and oxygen atoms in total. The van der Waals surface area contributed by atoms with E-state index >= 15 is 0 Å². The molecule has 0 aromatic heterocycles. The van der Waals surface area contributed by atoms with Gasteiger partial charge in [-0.3, -0.25) is 0 Å². The van der Waals surface area contributed by atoms with Gasteiger partial charge in [0.15, 0.2) is 0 Å². The van der Waals surface area contributed by atoms with Crippen LogP contribution in [0.2, 0.25) is 0 Å². The minimum absolute atomic E-state index is 0.629. The Balaban J connectivity index is 3.08. The number of hydrogen-bond acceptors (Lipinski definition) is 1. The normalized spacial score (nSPS) is 13.3. The highest BCUT2D eigenvalue weighted by Gasteiger charge is 2.02. The van der Waals surface area contributed by atoms with Gasteiger partial charge in [0.25, 0.3) is 0 Å². The first-order valence-corrected chi connectivity index (χ1v) is 7.42. The van der Waals surface area contributed by atoms with Gasteiger partial charge in [0, 0.05) is 12.1 Å². The smallest absolute Gasteiger partial charge is 0.00410 e. The number of nitrogens with one attached hydrogen (secondary N) is 1. The lowest BCUT2D eigenvalue weighted by Crippen LogP contribution is -2.32. The first-order chi connectivity index (χ1) is 7.66. The van der Waals surface area contributed by atoms with E-state index in [4.69, 9.17) is 0 Å². The molecular weight excluding hydrogens is 194 g/mol. The van der Waals surface area contributed by atoms with Crippen molar-refractivity contribution in [2.75, 3.05) is 0 Å². The molecule has 0 radical (unpaired) electrons. The second-order valence-electron chi connectivity index (χ2n) is 5.49. The summed E-state index contributed by atoms with van der Waals surface area (Å²) in [5.41, 5.74) is 0. The van der Waals surface area contributed by atoms with Crippen LogP contribution < -0.4 is 5.32 Å². The van der Waals surface area contributed by atoms with E-state index in [2.05, 4.69) is 33.0 Å². The van der Waals surface area contributed by atoms with E-state index < -0.39 is 0 Å².